The van der Waals surface area contributed by atoms with Crippen LogP contribution in [0.5, 0.6) is 0 Å². The molecule has 0 N–H and O–H groups in total. The van der Waals surface area contributed by atoms with Gasteiger partial charge in [-0.3, -0.25) is 9.69 Å². The fourth-order valence-electron chi connectivity index (χ4n) is 6.58. The highest BCUT2D eigenvalue weighted by molar-refractivity contribution is 5.75. The Morgan fingerprint density at radius 2 is 1.93 bits per heavy atom. The molecule has 1 aromatic carbocycles. The Morgan fingerprint density at radius 1 is 1.20 bits per heavy atom. The second-order valence-corrected chi connectivity index (χ2v) is 10.2. The number of carbonyl (C=O) groups excluding carboxylic acids is 1. The predicted molar refractivity (Wildman–Crippen MR) is 116 cm³/mol. The number of piperazine rings is 1. The number of rotatable bonds is 3. The van der Waals surface area contributed by atoms with E-state index in [0.29, 0.717) is 11.8 Å². The molecule has 5 heteroatoms. The van der Waals surface area contributed by atoms with Gasteiger partial charge in [0.1, 0.15) is 11.9 Å². The van der Waals surface area contributed by atoms with Gasteiger partial charge in [-0.2, -0.15) is 0 Å². The van der Waals surface area contributed by atoms with Crippen LogP contribution in [0.25, 0.3) is 0 Å². The minimum atomic E-state index is -0.198. The zero-order chi connectivity index (χ0) is 20.9. The van der Waals surface area contributed by atoms with Crippen LogP contribution in [0, 0.1) is 29.0 Å². The third-order valence-corrected chi connectivity index (χ3v) is 8.34. The van der Waals surface area contributed by atoms with Crippen molar-refractivity contribution < 1.29 is 13.9 Å². The number of fused-ring (bicyclic) bond motifs is 2. The van der Waals surface area contributed by atoms with Gasteiger partial charge in [-0.25, -0.2) is 4.39 Å². The molecule has 4 aliphatic rings. The van der Waals surface area contributed by atoms with Crippen molar-refractivity contribution in [1.29, 1.82) is 0 Å². The summed E-state index contributed by atoms with van der Waals surface area (Å²) in [6.45, 7) is 11.2. The zero-order valence-corrected chi connectivity index (χ0v) is 18.0. The van der Waals surface area contributed by atoms with Crippen molar-refractivity contribution in [1.82, 2.24) is 4.90 Å². The number of allylic oxidation sites excluding steroid dienone is 1. The smallest absolute Gasteiger partial charge is 0.310 e. The number of carbonyl (C=O) groups is 1. The Labute approximate surface area is 179 Å². The van der Waals surface area contributed by atoms with Gasteiger partial charge in [-0.1, -0.05) is 19.1 Å². The predicted octanol–water partition coefficient (Wildman–Crippen LogP) is 4.26. The molecule has 4 fully saturated rings. The molecule has 2 saturated carbocycles. The average Bonchev–Trinajstić information content (AvgIpc) is 3.01. The van der Waals surface area contributed by atoms with Gasteiger partial charge in [0.25, 0.3) is 0 Å². The second kappa shape index (κ2) is 7.67. The second-order valence-electron chi connectivity index (χ2n) is 10.2. The van der Waals surface area contributed by atoms with E-state index >= 15 is 0 Å². The molecular formula is C25H33FN2O2. The van der Waals surface area contributed by atoms with Crippen LogP contribution >= 0.6 is 0 Å². The van der Waals surface area contributed by atoms with Gasteiger partial charge >= 0.3 is 5.97 Å². The van der Waals surface area contributed by atoms with E-state index in [-0.39, 0.29) is 29.2 Å². The molecule has 0 spiro atoms. The maximum absolute atomic E-state index is 13.2. The molecule has 162 valence electrons. The van der Waals surface area contributed by atoms with E-state index in [1.54, 1.807) is 0 Å². The summed E-state index contributed by atoms with van der Waals surface area (Å²) in [7, 11) is 0. The monoisotopic (exact) mass is 412 g/mol. The average molecular weight is 413 g/mol. The molecule has 2 aliphatic heterocycles. The standard InChI is InChI=1S/C25H33FN2O2/c1-17-4-3-9-25(2)15-23-20(14-22(17)25)21(24(29)30-23)16-27-10-12-28(13-11-27)19-7-5-18(26)6-8-19/h5-8,20-23H,1,3-4,9-16H2,2H3/t20-,21-,22+,23-,25-/m1/s1. The third-order valence-electron chi connectivity index (χ3n) is 8.34. The van der Waals surface area contributed by atoms with E-state index < -0.39 is 0 Å². The summed E-state index contributed by atoms with van der Waals surface area (Å²) in [5.74, 6) is 0.682. The molecule has 30 heavy (non-hydrogen) atoms. The lowest BCUT2D eigenvalue weighted by molar-refractivity contribution is -0.146. The Kier molecular flexibility index (Phi) is 5.12. The van der Waals surface area contributed by atoms with E-state index in [1.165, 1.54) is 30.5 Å². The van der Waals surface area contributed by atoms with Crippen molar-refractivity contribution in [3.63, 3.8) is 0 Å². The van der Waals surface area contributed by atoms with Crippen LogP contribution in [0.15, 0.2) is 36.4 Å². The molecule has 0 amide bonds. The van der Waals surface area contributed by atoms with Crippen molar-refractivity contribution in [2.45, 2.75) is 45.1 Å². The molecule has 2 heterocycles. The number of nitrogens with zero attached hydrogens (tertiary/aromatic N) is 2. The van der Waals surface area contributed by atoms with Crippen LogP contribution in [0.1, 0.15) is 39.0 Å². The molecule has 0 unspecified atom stereocenters. The normalized spacial score (nSPS) is 36.9. The number of hydrogen-bond donors (Lipinski definition) is 0. The lowest BCUT2D eigenvalue weighted by atomic mass is 9.55. The minimum Gasteiger partial charge on any atom is -0.462 e. The molecule has 0 bridgehead atoms. The summed E-state index contributed by atoms with van der Waals surface area (Å²) >= 11 is 0. The number of ether oxygens (including phenoxy) is 1. The van der Waals surface area contributed by atoms with E-state index in [9.17, 15) is 9.18 Å². The van der Waals surface area contributed by atoms with Crippen LogP contribution in [-0.4, -0.2) is 49.7 Å². The van der Waals surface area contributed by atoms with Crippen LogP contribution in [0.3, 0.4) is 0 Å². The fraction of sp³-hybridized carbons (Fsp3) is 0.640. The Balaban J connectivity index is 1.22. The lowest BCUT2D eigenvalue weighted by Crippen LogP contribution is -2.50. The van der Waals surface area contributed by atoms with Gasteiger partial charge in [0, 0.05) is 44.3 Å². The first-order valence-electron chi connectivity index (χ1n) is 11.5. The molecule has 0 aromatic heterocycles. The highest BCUT2D eigenvalue weighted by Crippen LogP contribution is 2.56. The Bertz CT molecular complexity index is 817. The third kappa shape index (κ3) is 3.55. The molecular weight excluding hydrogens is 379 g/mol. The van der Waals surface area contributed by atoms with Gasteiger partial charge in [0.15, 0.2) is 0 Å². The highest BCUT2D eigenvalue weighted by Gasteiger charge is 2.55. The number of benzene rings is 1. The van der Waals surface area contributed by atoms with E-state index in [1.807, 2.05) is 12.1 Å². The maximum atomic E-state index is 13.2. The first-order chi connectivity index (χ1) is 14.4. The molecule has 5 atom stereocenters. The van der Waals surface area contributed by atoms with Crippen molar-refractivity contribution in [2.24, 2.45) is 23.2 Å². The van der Waals surface area contributed by atoms with E-state index in [4.69, 9.17) is 4.74 Å². The van der Waals surface area contributed by atoms with Gasteiger partial charge < -0.3 is 9.64 Å². The minimum absolute atomic E-state index is 0.00773. The molecule has 1 aromatic rings. The Morgan fingerprint density at radius 3 is 2.67 bits per heavy atom. The quantitative estimate of drug-likeness (QED) is 0.549. The largest absolute Gasteiger partial charge is 0.462 e. The SMILES string of the molecule is C=C1CCC[C@]2(C)C[C@H]3OC(=O)[C@H](CN4CCN(c5ccc(F)cc5)CC4)[C@H]3C[C@@H]12. The maximum Gasteiger partial charge on any atom is 0.310 e. The van der Waals surface area contributed by atoms with Crippen molar-refractivity contribution >= 4 is 11.7 Å². The molecule has 5 rings (SSSR count). The molecule has 0 radical (unpaired) electrons. The van der Waals surface area contributed by atoms with E-state index in [0.717, 1.165) is 57.7 Å². The van der Waals surface area contributed by atoms with Crippen LogP contribution in [0.2, 0.25) is 0 Å². The summed E-state index contributed by atoms with van der Waals surface area (Å²) in [6.07, 6.45) is 5.75. The molecule has 4 nitrogen and oxygen atoms in total. The lowest BCUT2D eigenvalue weighted by Gasteiger charge is -2.50. The van der Waals surface area contributed by atoms with Crippen LogP contribution in [-0.2, 0) is 9.53 Å². The number of anilines is 1. The molecule has 2 aliphatic carbocycles. The summed E-state index contributed by atoms with van der Waals surface area (Å²) in [5, 5.41) is 0. The molecule has 2 saturated heterocycles. The topological polar surface area (TPSA) is 32.8 Å². The fourth-order valence-corrected chi connectivity index (χ4v) is 6.58. The van der Waals surface area contributed by atoms with Crippen molar-refractivity contribution in [2.75, 3.05) is 37.6 Å². The van der Waals surface area contributed by atoms with Gasteiger partial charge in [-0.15, -0.1) is 0 Å². The Hall–Kier alpha value is -1.88. The van der Waals surface area contributed by atoms with Gasteiger partial charge in [0.05, 0.1) is 5.92 Å². The highest BCUT2D eigenvalue weighted by atomic mass is 19.1. The van der Waals surface area contributed by atoms with E-state index in [2.05, 4.69) is 23.3 Å². The summed E-state index contributed by atoms with van der Waals surface area (Å²) in [6, 6.07) is 6.73. The summed E-state index contributed by atoms with van der Waals surface area (Å²) in [5.41, 5.74) is 2.72. The number of halogens is 1. The first kappa shape index (κ1) is 20.0. The van der Waals surface area contributed by atoms with Crippen molar-refractivity contribution in [3.05, 3.63) is 42.2 Å². The number of esters is 1. The summed E-state index contributed by atoms with van der Waals surface area (Å²) < 4.78 is 19.1. The zero-order valence-electron chi connectivity index (χ0n) is 18.0. The van der Waals surface area contributed by atoms with Gasteiger partial charge in [-0.05, 0) is 67.7 Å². The van der Waals surface area contributed by atoms with Crippen LogP contribution < -0.4 is 4.90 Å². The van der Waals surface area contributed by atoms with Crippen LogP contribution in [0.4, 0.5) is 10.1 Å². The van der Waals surface area contributed by atoms with Crippen molar-refractivity contribution in [3.8, 4) is 0 Å². The van der Waals surface area contributed by atoms with Gasteiger partial charge in [0.2, 0.25) is 0 Å². The first-order valence-corrected chi connectivity index (χ1v) is 11.5. The summed E-state index contributed by atoms with van der Waals surface area (Å²) in [4.78, 5) is 17.5. The number of hydrogen-bond acceptors (Lipinski definition) is 4.